The van der Waals surface area contributed by atoms with Crippen molar-refractivity contribution in [3.63, 3.8) is 0 Å². The number of rotatable bonds is 11. The number of carboxylic acid groups (broad SMARTS) is 1. The molecule has 0 saturated carbocycles. The van der Waals surface area contributed by atoms with Gasteiger partial charge in [-0.2, -0.15) is 5.21 Å². The van der Waals surface area contributed by atoms with Crippen molar-refractivity contribution in [1.29, 1.82) is 0 Å². The quantitative estimate of drug-likeness (QED) is 0.444. The van der Waals surface area contributed by atoms with Crippen molar-refractivity contribution >= 4 is 11.9 Å². The number of hydrogen-bond acceptors (Lipinski definition) is 5. The normalized spacial score (nSPS) is 12.8. The molecule has 2 N–H and O–H groups in total. The Morgan fingerprint density at radius 1 is 1.06 bits per heavy atom. The SMILES string of the molecule is CCCCC(=O)N(Cc1ccc(-c2ccccc2-c2nn[nH]n2)cc1)C(C(=O)O)[C@@H](C)CC. The number of benzene rings is 2. The molecule has 1 heterocycles. The van der Waals surface area contributed by atoms with E-state index in [1.54, 1.807) is 0 Å². The van der Waals surface area contributed by atoms with Gasteiger partial charge in [-0.05, 0) is 34.2 Å². The summed E-state index contributed by atoms with van der Waals surface area (Å²) in [6.07, 6.45) is 2.66. The number of aliphatic carboxylic acids is 1. The number of amides is 1. The number of H-pyrrole nitrogens is 1. The molecule has 1 unspecified atom stereocenters. The van der Waals surface area contributed by atoms with E-state index in [2.05, 4.69) is 20.6 Å². The Morgan fingerprint density at radius 2 is 1.76 bits per heavy atom. The molecule has 2 aromatic carbocycles. The highest BCUT2D eigenvalue weighted by Crippen LogP contribution is 2.30. The van der Waals surface area contributed by atoms with Gasteiger partial charge in [0, 0.05) is 18.5 Å². The van der Waals surface area contributed by atoms with Crippen molar-refractivity contribution in [3.05, 3.63) is 54.1 Å². The maximum absolute atomic E-state index is 13.0. The van der Waals surface area contributed by atoms with Gasteiger partial charge in [-0.1, -0.05) is 82.1 Å². The van der Waals surface area contributed by atoms with E-state index in [1.807, 2.05) is 69.3 Å². The van der Waals surface area contributed by atoms with Crippen LogP contribution in [0.1, 0.15) is 52.0 Å². The summed E-state index contributed by atoms with van der Waals surface area (Å²) < 4.78 is 0. The first kappa shape index (κ1) is 24.1. The van der Waals surface area contributed by atoms with Gasteiger partial charge in [-0.15, -0.1) is 10.2 Å². The van der Waals surface area contributed by atoms with Crippen molar-refractivity contribution < 1.29 is 14.7 Å². The van der Waals surface area contributed by atoms with Crippen LogP contribution in [0.15, 0.2) is 48.5 Å². The van der Waals surface area contributed by atoms with Gasteiger partial charge in [0.25, 0.3) is 0 Å². The maximum Gasteiger partial charge on any atom is 0.326 e. The predicted molar refractivity (Wildman–Crippen MR) is 126 cm³/mol. The molecule has 0 spiro atoms. The minimum absolute atomic E-state index is 0.115. The van der Waals surface area contributed by atoms with E-state index in [0.29, 0.717) is 18.7 Å². The minimum atomic E-state index is -0.958. The van der Waals surface area contributed by atoms with Crippen LogP contribution in [-0.4, -0.2) is 48.5 Å². The van der Waals surface area contributed by atoms with Gasteiger partial charge in [0.15, 0.2) is 0 Å². The zero-order chi connectivity index (χ0) is 23.8. The lowest BCUT2D eigenvalue weighted by Crippen LogP contribution is -2.48. The van der Waals surface area contributed by atoms with Crippen molar-refractivity contribution in [2.24, 2.45) is 5.92 Å². The predicted octanol–water partition coefficient (Wildman–Crippen LogP) is 4.55. The van der Waals surface area contributed by atoms with Crippen molar-refractivity contribution in [2.45, 2.75) is 59.0 Å². The first-order valence-electron chi connectivity index (χ1n) is 11.4. The third-order valence-corrected chi connectivity index (χ3v) is 5.97. The van der Waals surface area contributed by atoms with E-state index < -0.39 is 12.0 Å². The largest absolute Gasteiger partial charge is 0.480 e. The number of nitrogens with zero attached hydrogens (tertiary/aromatic N) is 4. The second-order valence-electron chi connectivity index (χ2n) is 8.27. The Labute approximate surface area is 194 Å². The standard InChI is InChI=1S/C25H31N5O3/c1-4-6-11-22(31)30(23(25(32)33)17(3)5-2)16-18-12-14-19(15-13-18)20-9-7-8-10-21(20)24-26-28-29-27-24/h7-10,12-15,17,23H,4-6,11,16H2,1-3H3,(H,32,33)(H,26,27,28,29)/t17-,23?/m0/s1. The van der Waals surface area contributed by atoms with Crippen LogP contribution in [0.25, 0.3) is 22.5 Å². The van der Waals surface area contributed by atoms with Crippen LogP contribution < -0.4 is 0 Å². The number of nitrogens with one attached hydrogen (secondary N) is 1. The fourth-order valence-electron chi connectivity index (χ4n) is 3.91. The monoisotopic (exact) mass is 449 g/mol. The molecule has 1 aromatic heterocycles. The lowest BCUT2D eigenvalue weighted by Gasteiger charge is -2.33. The number of unbranched alkanes of at least 4 members (excludes halogenated alkanes) is 1. The summed E-state index contributed by atoms with van der Waals surface area (Å²) in [7, 11) is 0. The number of carbonyl (C=O) groups is 2. The Morgan fingerprint density at radius 3 is 2.33 bits per heavy atom. The molecular formula is C25H31N5O3. The number of aromatic amines is 1. The summed E-state index contributed by atoms with van der Waals surface area (Å²) in [6.45, 7) is 6.12. The molecule has 0 radical (unpaired) electrons. The molecule has 0 bridgehead atoms. The molecule has 8 nitrogen and oxygen atoms in total. The molecule has 0 aliphatic rings. The number of hydrogen-bond donors (Lipinski definition) is 2. The van der Waals surface area contributed by atoms with E-state index >= 15 is 0 Å². The number of tetrazole rings is 1. The Balaban J connectivity index is 1.88. The van der Waals surface area contributed by atoms with E-state index in [4.69, 9.17) is 0 Å². The fraction of sp³-hybridized carbons (Fsp3) is 0.400. The lowest BCUT2D eigenvalue weighted by atomic mass is 9.95. The van der Waals surface area contributed by atoms with Gasteiger partial charge < -0.3 is 10.0 Å². The van der Waals surface area contributed by atoms with Gasteiger partial charge in [-0.25, -0.2) is 4.79 Å². The molecule has 0 aliphatic carbocycles. The van der Waals surface area contributed by atoms with E-state index in [1.165, 1.54) is 4.90 Å². The molecule has 33 heavy (non-hydrogen) atoms. The zero-order valence-corrected chi connectivity index (χ0v) is 19.4. The third kappa shape index (κ3) is 5.83. The summed E-state index contributed by atoms with van der Waals surface area (Å²) in [5.41, 5.74) is 3.68. The molecule has 0 fully saturated rings. The van der Waals surface area contributed by atoms with Crippen molar-refractivity contribution in [3.8, 4) is 22.5 Å². The van der Waals surface area contributed by atoms with Crippen LogP contribution in [0.4, 0.5) is 0 Å². The zero-order valence-electron chi connectivity index (χ0n) is 19.4. The van der Waals surface area contributed by atoms with Crippen LogP contribution >= 0.6 is 0 Å². The topological polar surface area (TPSA) is 112 Å². The molecule has 1 amide bonds. The van der Waals surface area contributed by atoms with Gasteiger partial charge in [0.2, 0.25) is 11.7 Å². The van der Waals surface area contributed by atoms with E-state index in [0.717, 1.165) is 35.1 Å². The molecule has 3 rings (SSSR count). The molecule has 8 heteroatoms. The highest BCUT2D eigenvalue weighted by Gasteiger charge is 2.33. The van der Waals surface area contributed by atoms with Crippen molar-refractivity contribution in [2.75, 3.05) is 0 Å². The molecule has 2 atom stereocenters. The van der Waals surface area contributed by atoms with Crippen LogP contribution in [0.5, 0.6) is 0 Å². The first-order chi connectivity index (χ1) is 16.0. The van der Waals surface area contributed by atoms with Gasteiger partial charge in [-0.3, -0.25) is 4.79 Å². The molecular weight excluding hydrogens is 418 g/mol. The van der Waals surface area contributed by atoms with Crippen LogP contribution in [0, 0.1) is 5.92 Å². The number of carbonyl (C=O) groups excluding carboxylic acids is 1. The lowest BCUT2D eigenvalue weighted by molar-refractivity contribution is -0.153. The fourth-order valence-corrected chi connectivity index (χ4v) is 3.91. The molecule has 0 saturated heterocycles. The summed E-state index contributed by atoms with van der Waals surface area (Å²) >= 11 is 0. The average Bonchev–Trinajstić information content (AvgIpc) is 3.37. The minimum Gasteiger partial charge on any atom is -0.480 e. The Kier molecular flexibility index (Phi) is 8.29. The highest BCUT2D eigenvalue weighted by molar-refractivity contribution is 5.84. The van der Waals surface area contributed by atoms with Gasteiger partial charge >= 0.3 is 5.97 Å². The third-order valence-electron chi connectivity index (χ3n) is 5.97. The maximum atomic E-state index is 13.0. The highest BCUT2D eigenvalue weighted by atomic mass is 16.4. The second kappa shape index (κ2) is 11.4. The molecule has 174 valence electrons. The Hall–Kier alpha value is -3.55. The number of aromatic nitrogens is 4. The summed E-state index contributed by atoms with van der Waals surface area (Å²) in [5.74, 6) is -0.703. The summed E-state index contributed by atoms with van der Waals surface area (Å²) in [4.78, 5) is 26.6. The van der Waals surface area contributed by atoms with E-state index in [-0.39, 0.29) is 18.4 Å². The second-order valence-corrected chi connectivity index (χ2v) is 8.27. The Bertz CT molecular complexity index is 1050. The average molecular weight is 450 g/mol. The molecule has 3 aromatic rings. The van der Waals surface area contributed by atoms with E-state index in [9.17, 15) is 14.7 Å². The van der Waals surface area contributed by atoms with Gasteiger partial charge in [0.1, 0.15) is 6.04 Å². The summed E-state index contributed by atoms with van der Waals surface area (Å²) in [5, 5.41) is 24.2. The van der Waals surface area contributed by atoms with Crippen LogP contribution in [-0.2, 0) is 16.1 Å². The van der Waals surface area contributed by atoms with Gasteiger partial charge in [0.05, 0.1) is 0 Å². The molecule has 0 aliphatic heterocycles. The van der Waals surface area contributed by atoms with Crippen LogP contribution in [0.2, 0.25) is 0 Å². The first-order valence-corrected chi connectivity index (χ1v) is 11.4. The smallest absolute Gasteiger partial charge is 0.326 e. The van der Waals surface area contributed by atoms with Crippen molar-refractivity contribution in [1.82, 2.24) is 25.5 Å². The summed E-state index contributed by atoms with van der Waals surface area (Å²) in [6, 6.07) is 14.8. The van der Waals surface area contributed by atoms with Crippen LogP contribution in [0.3, 0.4) is 0 Å². The number of carboxylic acids is 1.